The van der Waals surface area contributed by atoms with Crippen LogP contribution in [-0.4, -0.2) is 41.6 Å². The predicted octanol–water partition coefficient (Wildman–Crippen LogP) is 2.26. The van der Waals surface area contributed by atoms with E-state index in [-0.39, 0.29) is 30.1 Å². The third kappa shape index (κ3) is 3.54. The highest BCUT2D eigenvalue weighted by Crippen LogP contribution is 2.24. The minimum atomic E-state index is -0.300. The zero-order chi connectivity index (χ0) is 15.4. The summed E-state index contributed by atoms with van der Waals surface area (Å²) in [6.45, 7) is 2.42. The summed E-state index contributed by atoms with van der Waals surface area (Å²) in [4.78, 5) is 25.8. The van der Waals surface area contributed by atoms with Gasteiger partial charge in [-0.2, -0.15) is 0 Å². The van der Waals surface area contributed by atoms with Gasteiger partial charge in [0.05, 0.1) is 13.5 Å². The lowest BCUT2D eigenvalue weighted by Gasteiger charge is -2.35. The molecular weight excluding hydrogens is 270 g/mol. The van der Waals surface area contributed by atoms with Crippen molar-refractivity contribution in [3.63, 3.8) is 0 Å². The molecule has 1 saturated heterocycles. The Labute approximate surface area is 124 Å². The molecule has 1 aliphatic rings. The summed E-state index contributed by atoms with van der Waals surface area (Å²) in [6.07, 6.45) is 2.96. The molecule has 0 aliphatic carbocycles. The number of piperidine rings is 1. The molecule has 1 aromatic rings. The summed E-state index contributed by atoms with van der Waals surface area (Å²) >= 11 is 0. The average Bonchev–Trinajstić information content (AvgIpc) is 2.49. The molecule has 0 aromatic heterocycles. The lowest BCUT2D eigenvalue weighted by Crippen LogP contribution is -2.44. The van der Waals surface area contributed by atoms with Crippen LogP contribution >= 0.6 is 0 Å². The first-order valence-corrected chi connectivity index (χ1v) is 7.20. The van der Waals surface area contributed by atoms with E-state index < -0.39 is 0 Å². The molecular formula is C16H21NO4. The van der Waals surface area contributed by atoms with Gasteiger partial charge in [-0.3, -0.25) is 9.59 Å². The number of phenolic OH excluding ortho intramolecular Hbond substituents is 1. The Morgan fingerprint density at radius 2 is 2.14 bits per heavy atom. The van der Waals surface area contributed by atoms with Gasteiger partial charge in [0.2, 0.25) is 0 Å². The van der Waals surface area contributed by atoms with Gasteiger partial charge in [0.1, 0.15) is 5.75 Å². The number of carbonyl (C=O) groups is 2. The van der Waals surface area contributed by atoms with Crippen molar-refractivity contribution in [3.8, 4) is 5.75 Å². The number of carbonyl (C=O) groups excluding carboxylic acids is 2. The maximum Gasteiger partial charge on any atom is 0.307 e. The molecule has 1 N–H and O–H groups in total. The average molecular weight is 291 g/mol. The monoisotopic (exact) mass is 291 g/mol. The molecule has 21 heavy (non-hydrogen) atoms. The number of amides is 1. The summed E-state index contributed by atoms with van der Waals surface area (Å²) in [5.74, 6) is -0.326. The maximum absolute atomic E-state index is 12.6. The molecule has 1 amide bonds. The number of esters is 1. The van der Waals surface area contributed by atoms with Crippen LogP contribution in [-0.2, 0) is 9.53 Å². The SMILES string of the molecule is COC(=O)CC1CCCCN1C(=O)c1ccc(C)c(O)c1. The first-order chi connectivity index (χ1) is 10.0. The van der Waals surface area contributed by atoms with Crippen LogP contribution in [0.5, 0.6) is 5.75 Å². The number of hydrogen-bond donors (Lipinski definition) is 1. The first kappa shape index (κ1) is 15.4. The third-order valence-electron chi connectivity index (χ3n) is 3.97. The fourth-order valence-electron chi connectivity index (χ4n) is 2.66. The van der Waals surface area contributed by atoms with E-state index in [1.54, 1.807) is 24.0 Å². The molecule has 1 atom stereocenters. The normalized spacial score (nSPS) is 18.4. The topological polar surface area (TPSA) is 66.8 Å². The van der Waals surface area contributed by atoms with Gasteiger partial charge in [-0.15, -0.1) is 0 Å². The van der Waals surface area contributed by atoms with Crippen molar-refractivity contribution in [1.82, 2.24) is 4.90 Å². The summed E-state index contributed by atoms with van der Waals surface area (Å²) in [6, 6.07) is 4.80. The molecule has 114 valence electrons. The summed E-state index contributed by atoms with van der Waals surface area (Å²) < 4.78 is 4.70. The van der Waals surface area contributed by atoms with Crippen LogP contribution in [0.1, 0.15) is 41.6 Å². The van der Waals surface area contributed by atoms with Gasteiger partial charge in [-0.1, -0.05) is 6.07 Å². The number of aromatic hydroxyl groups is 1. The molecule has 0 bridgehead atoms. The molecule has 1 fully saturated rings. The Morgan fingerprint density at radius 1 is 1.38 bits per heavy atom. The second-order valence-corrected chi connectivity index (χ2v) is 5.43. The van der Waals surface area contributed by atoms with E-state index in [0.29, 0.717) is 12.1 Å². The number of phenols is 1. The Balaban J connectivity index is 2.17. The molecule has 0 saturated carbocycles. The zero-order valence-electron chi connectivity index (χ0n) is 12.5. The second-order valence-electron chi connectivity index (χ2n) is 5.43. The molecule has 1 unspecified atom stereocenters. The van der Waals surface area contributed by atoms with Gasteiger partial charge in [0.25, 0.3) is 5.91 Å². The van der Waals surface area contributed by atoms with Crippen LogP contribution < -0.4 is 0 Å². The van der Waals surface area contributed by atoms with E-state index in [1.807, 2.05) is 0 Å². The van der Waals surface area contributed by atoms with Gasteiger partial charge in [-0.25, -0.2) is 0 Å². The van der Waals surface area contributed by atoms with Crippen LogP contribution in [0.2, 0.25) is 0 Å². The lowest BCUT2D eigenvalue weighted by molar-refractivity contribution is -0.142. The van der Waals surface area contributed by atoms with Crippen LogP contribution in [0.4, 0.5) is 0 Å². The van der Waals surface area contributed by atoms with Crippen molar-refractivity contribution < 1.29 is 19.4 Å². The Hall–Kier alpha value is -2.04. The molecule has 1 heterocycles. The Morgan fingerprint density at radius 3 is 2.81 bits per heavy atom. The van der Waals surface area contributed by atoms with E-state index in [9.17, 15) is 14.7 Å². The predicted molar refractivity (Wildman–Crippen MR) is 78.2 cm³/mol. The number of ether oxygens (including phenoxy) is 1. The van der Waals surface area contributed by atoms with Crippen LogP contribution in [0.15, 0.2) is 18.2 Å². The van der Waals surface area contributed by atoms with E-state index in [0.717, 1.165) is 24.8 Å². The smallest absolute Gasteiger partial charge is 0.307 e. The van der Waals surface area contributed by atoms with E-state index in [1.165, 1.54) is 13.2 Å². The number of aryl methyl sites for hydroxylation is 1. The van der Waals surface area contributed by atoms with Gasteiger partial charge >= 0.3 is 5.97 Å². The van der Waals surface area contributed by atoms with Gasteiger partial charge in [0.15, 0.2) is 0 Å². The second kappa shape index (κ2) is 6.61. The number of methoxy groups -OCH3 is 1. The number of rotatable bonds is 3. The van der Waals surface area contributed by atoms with Crippen LogP contribution in [0, 0.1) is 6.92 Å². The number of hydrogen-bond acceptors (Lipinski definition) is 4. The first-order valence-electron chi connectivity index (χ1n) is 7.20. The highest BCUT2D eigenvalue weighted by molar-refractivity contribution is 5.95. The molecule has 5 nitrogen and oxygen atoms in total. The minimum Gasteiger partial charge on any atom is -0.508 e. The van der Waals surface area contributed by atoms with Crippen molar-refractivity contribution in [2.75, 3.05) is 13.7 Å². The molecule has 5 heteroatoms. The molecule has 1 aliphatic heterocycles. The fourth-order valence-corrected chi connectivity index (χ4v) is 2.66. The van der Waals surface area contributed by atoms with Crippen molar-refractivity contribution >= 4 is 11.9 Å². The summed E-state index contributed by atoms with van der Waals surface area (Å²) in [7, 11) is 1.36. The quantitative estimate of drug-likeness (QED) is 0.867. The number of nitrogens with zero attached hydrogens (tertiary/aromatic N) is 1. The highest BCUT2D eigenvalue weighted by atomic mass is 16.5. The van der Waals surface area contributed by atoms with Gasteiger partial charge < -0.3 is 14.7 Å². The fraction of sp³-hybridized carbons (Fsp3) is 0.500. The number of likely N-dealkylation sites (tertiary alicyclic amines) is 1. The van der Waals surface area contributed by atoms with Gasteiger partial charge in [0, 0.05) is 18.2 Å². The third-order valence-corrected chi connectivity index (χ3v) is 3.97. The highest BCUT2D eigenvalue weighted by Gasteiger charge is 2.29. The van der Waals surface area contributed by atoms with Crippen LogP contribution in [0.3, 0.4) is 0 Å². The summed E-state index contributed by atoms with van der Waals surface area (Å²) in [5.41, 5.74) is 1.19. The standard InChI is InChI=1S/C16H21NO4/c1-11-6-7-12(9-14(11)18)16(20)17-8-4-3-5-13(17)10-15(19)21-2/h6-7,9,13,18H,3-5,8,10H2,1-2H3. The van der Waals surface area contributed by atoms with E-state index >= 15 is 0 Å². The largest absolute Gasteiger partial charge is 0.508 e. The van der Waals surface area contributed by atoms with E-state index in [4.69, 9.17) is 4.74 Å². The lowest BCUT2D eigenvalue weighted by atomic mass is 9.98. The molecule has 0 spiro atoms. The van der Waals surface area contributed by atoms with Crippen molar-refractivity contribution in [2.45, 2.75) is 38.6 Å². The Bertz CT molecular complexity index is 541. The summed E-state index contributed by atoms with van der Waals surface area (Å²) in [5, 5.41) is 9.75. The van der Waals surface area contributed by atoms with Crippen LogP contribution in [0.25, 0.3) is 0 Å². The van der Waals surface area contributed by atoms with Crippen molar-refractivity contribution in [1.29, 1.82) is 0 Å². The minimum absolute atomic E-state index is 0.113. The molecule has 0 radical (unpaired) electrons. The van der Waals surface area contributed by atoms with Crippen molar-refractivity contribution in [3.05, 3.63) is 29.3 Å². The molecule has 2 rings (SSSR count). The Kier molecular flexibility index (Phi) is 4.83. The van der Waals surface area contributed by atoms with E-state index in [2.05, 4.69) is 0 Å². The molecule has 1 aromatic carbocycles. The van der Waals surface area contributed by atoms with Gasteiger partial charge in [-0.05, 0) is 43.9 Å². The zero-order valence-corrected chi connectivity index (χ0v) is 12.5. The number of benzene rings is 1. The van der Waals surface area contributed by atoms with Crippen molar-refractivity contribution in [2.24, 2.45) is 0 Å². The maximum atomic E-state index is 12.6.